The van der Waals surface area contributed by atoms with Crippen LogP contribution in [-0.4, -0.2) is 50.0 Å². The summed E-state index contributed by atoms with van der Waals surface area (Å²) >= 11 is 1.20. The van der Waals surface area contributed by atoms with Gasteiger partial charge < -0.3 is 16.0 Å². The molecule has 1 atom stereocenters. The maximum Gasteiger partial charge on any atom is 0.243 e. The minimum atomic E-state index is -0.478. The normalized spacial score (nSPS) is 11.4. The number of rotatable bonds is 9. The van der Waals surface area contributed by atoms with Gasteiger partial charge >= 0.3 is 0 Å². The van der Waals surface area contributed by atoms with Crippen molar-refractivity contribution >= 4 is 40.9 Å². The highest BCUT2D eigenvalue weighted by Crippen LogP contribution is 2.14. The molecule has 1 heterocycles. The van der Waals surface area contributed by atoms with Gasteiger partial charge in [0.25, 0.3) is 0 Å². The van der Waals surface area contributed by atoms with Crippen molar-refractivity contribution < 1.29 is 14.4 Å². The lowest BCUT2D eigenvalue weighted by atomic mass is 10.2. The topological polar surface area (TPSA) is 118 Å². The number of benzene rings is 2. The van der Waals surface area contributed by atoms with Crippen molar-refractivity contribution in [3.63, 3.8) is 0 Å². The second-order valence-corrected chi connectivity index (χ2v) is 8.35. The molecule has 3 aromatic rings. The molecule has 0 spiro atoms. The predicted molar refractivity (Wildman–Crippen MR) is 125 cm³/mol. The van der Waals surface area contributed by atoms with Crippen molar-refractivity contribution in [2.75, 3.05) is 22.9 Å². The maximum atomic E-state index is 12.2. The molecule has 2 aromatic carbocycles. The van der Waals surface area contributed by atoms with Crippen molar-refractivity contribution in [3.8, 4) is 5.69 Å². The highest BCUT2D eigenvalue weighted by Gasteiger charge is 2.16. The molecule has 32 heavy (non-hydrogen) atoms. The van der Waals surface area contributed by atoms with Crippen molar-refractivity contribution in [1.29, 1.82) is 0 Å². The number of carbonyl (C=O) groups is 3. The highest BCUT2D eigenvalue weighted by molar-refractivity contribution is 8.01. The van der Waals surface area contributed by atoms with Crippen molar-refractivity contribution in [1.82, 2.24) is 20.1 Å². The second kappa shape index (κ2) is 11.1. The number of nitrogens with zero attached hydrogens (tertiary/aromatic N) is 3. The Morgan fingerprint density at radius 2 is 1.59 bits per heavy atom. The van der Waals surface area contributed by atoms with E-state index in [4.69, 9.17) is 0 Å². The zero-order chi connectivity index (χ0) is 22.9. The van der Waals surface area contributed by atoms with E-state index in [2.05, 4.69) is 26.0 Å². The average Bonchev–Trinajstić information content (AvgIpc) is 3.33. The van der Waals surface area contributed by atoms with Crippen molar-refractivity contribution in [3.05, 3.63) is 66.7 Å². The molecule has 1 aromatic heterocycles. The fourth-order valence-electron chi connectivity index (χ4n) is 2.67. The van der Waals surface area contributed by atoms with Gasteiger partial charge in [-0.05, 0) is 50.2 Å². The Balaban J connectivity index is 1.37. The summed E-state index contributed by atoms with van der Waals surface area (Å²) in [4.78, 5) is 40.3. The van der Waals surface area contributed by atoms with Gasteiger partial charge in [-0.25, -0.2) is 9.67 Å². The zero-order valence-electron chi connectivity index (χ0n) is 17.7. The summed E-state index contributed by atoms with van der Waals surface area (Å²) in [7, 11) is 0. The Hall–Kier alpha value is -3.66. The van der Waals surface area contributed by atoms with Crippen LogP contribution in [0, 0.1) is 6.92 Å². The Labute approximate surface area is 190 Å². The molecule has 0 aliphatic heterocycles. The van der Waals surface area contributed by atoms with E-state index in [1.807, 2.05) is 31.2 Å². The summed E-state index contributed by atoms with van der Waals surface area (Å²) in [5, 5.41) is 11.7. The summed E-state index contributed by atoms with van der Waals surface area (Å²) in [6, 6.07) is 14.5. The van der Waals surface area contributed by atoms with Crippen LogP contribution in [-0.2, 0) is 14.4 Å². The third kappa shape index (κ3) is 6.95. The van der Waals surface area contributed by atoms with Gasteiger partial charge in [-0.3, -0.25) is 14.4 Å². The molecule has 0 aliphatic carbocycles. The monoisotopic (exact) mass is 452 g/mol. The molecule has 1 unspecified atom stereocenters. The standard InChI is InChI=1S/C22H24N6O3S/c1-15-3-5-17(6-4-15)27-21(30)12-32-16(2)22(31)24-11-20(29)26-18-7-9-19(10-8-18)28-14-23-13-25-28/h3-10,13-14,16H,11-12H2,1-2H3,(H,24,31)(H,26,29)(H,27,30). The molecule has 0 radical (unpaired) electrons. The van der Waals surface area contributed by atoms with Gasteiger partial charge in [-0.15, -0.1) is 11.8 Å². The molecule has 166 valence electrons. The Kier molecular flexibility index (Phi) is 7.98. The minimum absolute atomic E-state index is 0.132. The number of amides is 3. The molecule has 0 saturated heterocycles. The van der Waals surface area contributed by atoms with E-state index in [1.54, 1.807) is 42.2 Å². The van der Waals surface area contributed by atoms with Crippen LogP contribution in [0.1, 0.15) is 12.5 Å². The number of carbonyl (C=O) groups excluding carboxylic acids is 3. The highest BCUT2D eigenvalue weighted by atomic mass is 32.2. The van der Waals surface area contributed by atoms with E-state index in [0.29, 0.717) is 11.4 Å². The van der Waals surface area contributed by atoms with Crippen LogP contribution in [0.3, 0.4) is 0 Å². The third-order valence-electron chi connectivity index (χ3n) is 4.43. The van der Waals surface area contributed by atoms with Gasteiger partial charge in [0.05, 0.1) is 23.2 Å². The van der Waals surface area contributed by atoms with E-state index in [1.165, 1.54) is 18.1 Å². The lowest BCUT2D eigenvalue weighted by molar-refractivity contribution is -0.123. The summed E-state index contributed by atoms with van der Waals surface area (Å²) in [6.07, 6.45) is 3.02. The first-order valence-corrected chi connectivity index (χ1v) is 11.0. The van der Waals surface area contributed by atoms with Crippen LogP contribution >= 0.6 is 11.8 Å². The molecular formula is C22H24N6O3S. The van der Waals surface area contributed by atoms with Crippen LogP contribution in [0.15, 0.2) is 61.2 Å². The summed E-state index contributed by atoms with van der Waals surface area (Å²) < 4.78 is 1.60. The number of thioether (sulfide) groups is 1. The number of hydrogen-bond acceptors (Lipinski definition) is 6. The van der Waals surface area contributed by atoms with E-state index < -0.39 is 5.25 Å². The summed E-state index contributed by atoms with van der Waals surface area (Å²) in [6.45, 7) is 3.50. The number of hydrogen-bond donors (Lipinski definition) is 3. The lowest BCUT2D eigenvalue weighted by Crippen LogP contribution is -2.37. The quantitative estimate of drug-likeness (QED) is 0.459. The minimum Gasteiger partial charge on any atom is -0.346 e. The van der Waals surface area contributed by atoms with Crippen molar-refractivity contribution in [2.45, 2.75) is 19.1 Å². The number of anilines is 2. The summed E-state index contributed by atoms with van der Waals surface area (Å²) in [5.74, 6) is -0.714. The number of aromatic nitrogens is 3. The fourth-order valence-corrected chi connectivity index (χ4v) is 3.37. The number of aryl methyl sites for hydroxylation is 1. The van der Waals surface area contributed by atoms with Gasteiger partial charge in [-0.1, -0.05) is 17.7 Å². The molecular weight excluding hydrogens is 428 g/mol. The van der Waals surface area contributed by atoms with E-state index in [0.717, 1.165) is 11.3 Å². The van der Waals surface area contributed by atoms with Crippen LogP contribution < -0.4 is 16.0 Å². The van der Waals surface area contributed by atoms with Gasteiger partial charge in [-0.2, -0.15) is 5.10 Å². The summed E-state index contributed by atoms with van der Waals surface area (Å²) in [5.41, 5.74) is 3.23. The first-order valence-electron chi connectivity index (χ1n) is 9.91. The molecule has 9 nitrogen and oxygen atoms in total. The van der Waals surface area contributed by atoms with E-state index >= 15 is 0 Å². The third-order valence-corrected chi connectivity index (χ3v) is 5.57. The first kappa shape index (κ1) is 23.0. The smallest absolute Gasteiger partial charge is 0.243 e. The van der Waals surface area contributed by atoms with Crippen LogP contribution in [0.4, 0.5) is 11.4 Å². The molecule has 0 saturated carbocycles. The number of nitrogens with one attached hydrogen (secondary N) is 3. The van der Waals surface area contributed by atoms with Gasteiger partial charge in [0, 0.05) is 11.4 Å². The van der Waals surface area contributed by atoms with Crippen molar-refractivity contribution in [2.24, 2.45) is 0 Å². The molecule has 0 fully saturated rings. The molecule has 3 rings (SSSR count). The molecule has 3 N–H and O–H groups in total. The fraction of sp³-hybridized carbons (Fsp3) is 0.227. The van der Waals surface area contributed by atoms with E-state index in [9.17, 15) is 14.4 Å². The molecule has 0 bridgehead atoms. The van der Waals surface area contributed by atoms with E-state index in [-0.39, 0.29) is 30.0 Å². The lowest BCUT2D eigenvalue weighted by Gasteiger charge is -2.12. The second-order valence-electron chi connectivity index (χ2n) is 7.02. The SMILES string of the molecule is Cc1ccc(NC(=O)CSC(C)C(=O)NCC(=O)Nc2ccc(-n3cncn3)cc2)cc1. The van der Waals surface area contributed by atoms with Crippen LogP contribution in [0.5, 0.6) is 0 Å². The molecule has 3 amide bonds. The first-order chi connectivity index (χ1) is 15.4. The zero-order valence-corrected chi connectivity index (χ0v) is 18.6. The predicted octanol–water partition coefficient (Wildman–Crippen LogP) is 2.39. The largest absolute Gasteiger partial charge is 0.346 e. The van der Waals surface area contributed by atoms with Gasteiger partial charge in [0.1, 0.15) is 12.7 Å². The molecule has 10 heteroatoms. The Bertz CT molecular complexity index is 1050. The van der Waals surface area contributed by atoms with Gasteiger partial charge in [0.2, 0.25) is 17.7 Å². The van der Waals surface area contributed by atoms with Gasteiger partial charge in [0.15, 0.2) is 0 Å². The maximum absolute atomic E-state index is 12.2. The molecule has 0 aliphatic rings. The Morgan fingerprint density at radius 3 is 2.22 bits per heavy atom. The average molecular weight is 453 g/mol. The Morgan fingerprint density at radius 1 is 0.969 bits per heavy atom. The van der Waals surface area contributed by atoms with Crippen LogP contribution in [0.25, 0.3) is 5.69 Å². The van der Waals surface area contributed by atoms with Crippen LogP contribution in [0.2, 0.25) is 0 Å².